The second-order valence-electron chi connectivity index (χ2n) is 8.80. The summed E-state index contributed by atoms with van der Waals surface area (Å²) >= 11 is 1.65. The van der Waals surface area contributed by atoms with Gasteiger partial charge in [-0.25, -0.2) is 4.98 Å². The van der Waals surface area contributed by atoms with Crippen LogP contribution in [0.5, 0.6) is 0 Å². The van der Waals surface area contributed by atoms with Crippen LogP contribution in [-0.2, 0) is 24.2 Å². The summed E-state index contributed by atoms with van der Waals surface area (Å²) in [5.41, 5.74) is 1.11. The van der Waals surface area contributed by atoms with Gasteiger partial charge >= 0.3 is 0 Å². The van der Waals surface area contributed by atoms with Crippen LogP contribution < -0.4 is 5.56 Å². The molecular formula is C21H31N3O2S. The molecule has 2 aromatic rings. The summed E-state index contributed by atoms with van der Waals surface area (Å²) in [4.78, 5) is 34.5. The van der Waals surface area contributed by atoms with Crippen LogP contribution in [0.2, 0.25) is 0 Å². The molecule has 27 heavy (non-hydrogen) atoms. The maximum Gasteiger partial charge on any atom is 0.262 e. The van der Waals surface area contributed by atoms with Crippen LogP contribution >= 0.6 is 11.3 Å². The van der Waals surface area contributed by atoms with Crippen molar-refractivity contribution in [2.24, 2.45) is 17.8 Å². The van der Waals surface area contributed by atoms with E-state index in [0.717, 1.165) is 29.5 Å². The van der Waals surface area contributed by atoms with Crippen LogP contribution in [0.25, 0.3) is 10.2 Å². The molecule has 5 nitrogen and oxygen atoms in total. The highest BCUT2D eigenvalue weighted by molar-refractivity contribution is 7.18. The zero-order chi connectivity index (χ0) is 19.7. The van der Waals surface area contributed by atoms with Crippen molar-refractivity contribution in [2.45, 2.75) is 60.4 Å². The summed E-state index contributed by atoms with van der Waals surface area (Å²) in [6.07, 6.45) is 4.64. The normalized spacial score (nSPS) is 16.9. The highest BCUT2D eigenvalue weighted by atomic mass is 32.1. The Kier molecular flexibility index (Phi) is 6.04. The molecule has 1 atom stereocenters. The first-order valence-electron chi connectivity index (χ1n) is 10.0. The molecule has 0 saturated heterocycles. The maximum absolute atomic E-state index is 13.1. The van der Waals surface area contributed by atoms with E-state index in [2.05, 4.69) is 39.6 Å². The van der Waals surface area contributed by atoms with Crippen molar-refractivity contribution in [2.75, 3.05) is 13.1 Å². The molecule has 2 heterocycles. The van der Waals surface area contributed by atoms with Crippen molar-refractivity contribution in [3.63, 3.8) is 0 Å². The van der Waals surface area contributed by atoms with E-state index in [1.165, 1.54) is 15.0 Å². The van der Waals surface area contributed by atoms with E-state index in [1.54, 1.807) is 17.7 Å². The maximum atomic E-state index is 13.1. The Labute approximate surface area is 165 Å². The van der Waals surface area contributed by atoms with Crippen molar-refractivity contribution in [1.29, 1.82) is 0 Å². The molecule has 0 bridgehead atoms. The third-order valence-electron chi connectivity index (χ3n) is 5.11. The molecular weight excluding hydrogens is 358 g/mol. The zero-order valence-corrected chi connectivity index (χ0v) is 17.9. The van der Waals surface area contributed by atoms with E-state index in [9.17, 15) is 9.59 Å². The lowest BCUT2D eigenvalue weighted by atomic mass is 9.89. The Balaban J connectivity index is 1.89. The van der Waals surface area contributed by atoms with Crippen LogP contribution in [-0.4, -0.2) is 33.4 Å². The van der Waals surface area contributed by atoms with Crippen molar-refractivity contribution in [1.82, 2.24) is 14.5 Å². The summed E-state index contributed by atoms with van der Waals surface area (Å²) in [5, 5.41) is 0.747. The first kappa shape index (κ1) is 20.1. The second kappa shape index (κ2) is 8.13. The molecule has 1 aliphatic carbocycles. The minimum Gasteiger partial charge on any atom is -0.341 e. The molecule has 0 saturated carbocycles. The fraction of sp³-hybridized carbons (Fsp3) is 0.667. The number of carbonyl (C=O) groups is 1. The van der Waals surface area contributed by atoms with Gasteiger partial charge in [-0.1, -0.05) is 34.6 Å². The van der Waals surface area contributed by atoms with Crippen molar-refractivity contribution in [3.8, 4) is 0 Å². The number of thiophene rings is 1. The smallest absolute Gasteiger partial charge is 0.262 e. The number of fused-ring (bicyclic) bond motifs is 3. The zero-order valence-electron chi connectivity index (χ0n) is 17.1. The van der Waals surface area contributed by atoms with Crippen LogP contribution in [0.1, 0.15) is 51.5 Å². The highest BCUT2D eigenvalue weighted by Crippen LogP contribution is 2.35. The van der Waals surface area contributed by atoms with Gasteiger partial charge < -0.3 is 4.90 Å². The summed E-state index contributed by atoms with van der Waals surface area (Å²) in [6.45, 7) is 12.2. The monoisotopic (exact) mass is 389 g/mol. The van der Waals surface area contributed by atoms with Gasteiger partial charge in [0.05, 0.1) is 11.7 Å². The number of aromatic nitrogens is 2. The molecule has 6 heteroatoms. The lowest BCUT2D eigenvalue weighted by Gasteiger charge is -2.26. The fourth-order valence-corrected chi connectivity index (χ4v) is 5.23. The van der Waals surface area contributed by atoms with E-state index in [0.29, 0.717) is 30.8 Å². The topological polar surface area (TPSA) is 55.2 Å². The number of nitrogens with zero attached hydrogens (tertiary/aromatic N) is 3. The molecule has 0 spiro atoms. The standard InChI is InChI=1S/C21H31N3O2S/c1-13(2)9-23(10-14(3)4)18(25)11-24-12-22-20-19(21(24)26)16-7-6-15(5)8-17(16)27-20/h12-15H,6-11H2,1-5H3/t15-/m1/s1. The number of carbonyl (C=O) groups excluding carboxylic acids is 1. The van der Waals surface area contributed by atoms with Gasteiger partial charge in [0.2, 0.25) is 5.91 Å². The second-order valence-corrected chi connectivity index (χ2v) is 9.88. The van der Waals surface area contributed by atoms with E-state index in [-0.39, 0.29) is 18.0 Å². The number of aryl methyl sites for hydroxylation is 1. The van der Waals surface area contributed by atoms with Crippen molar-refractivity contribution >= 4 is 27.5 Å². The quantitative estimate of drug-likeness (QED) is 0.756. The Bertz CT molecular complexity index is 871. The fourth-order valence-electron chi connectivity index (χ4n) is 3.88. The minimum atomic E-state index is -0.0607. The summed E-state index contributed by atoms with van der Waals surface area (Å²) in [7, 11) is 0. The molecule has 1 aliphatic rings. The first-order valence-corrected chi connectivity index (χ1v) is 10.8. The third kappa shape index (κ3) is 4.42. The minimum absolute atomic E-state index is 0.00151. The molecule has 0 fully saturated rings. The van der Waals surface area contributed by atoms with Gasteiger partial charge in [-0.15, -0.1) is 11.3 Å². The molecule has 0 aliphatic heterocycles. The van der Waals surface area contributed by atoms with Gasteiger partial charge in [0.15, 0.2) is 0 Å². The largest absolute Gasteiger partial charge is 0.341 e. The van der Waals surface area contributed by atoms with Gasteiger partial charge in [-0.05, 0) is 42.6 Å². The third-order valence-corrected chi connectivity index (χ3v) is 6.27. The first-order chi connectivity index (χ1) is 12.8. The molecule has 0 aromatic carbocycles. The Morgan fingerprint density at radius 1 is 1.30 bits per heavy atom. The van der Waals surface area contributed by atoms with Gasteiger partial charge in [0.25, 0.3) is 5.56 Å². The van der Waals surface area contributed by atoms with Crippen molar-refractivity contribution < 1.29 is 4.79 Å². The van der Waals surface area contributed by atoms with Crippen LogP contribution in [0.3, 0.4) is 0 Å². The summed E-state index contributed by atoms with van der Waals surface area (Å²) in [5.74, 6) is 1.46. The van der Waals surface area contributed by atoms with E-state index < -0.39 is 0 Å². The number of amides is 1. The van der Waals surface area contributed by atoms with E-state index >= 15 is 0 Å². The lowest BCUT2D eigenvalue weighted by molar-refractivity contribution is -0.133. The number of hydrogen-bond acceptors (Lipinski definition) is 4. The number of rotatable bonds is 6. The van der Waals surface area contributed by atoms with Crippen molar-refractivity contribution in [3.05, 3.63) is 27.1 Å². The predicted molar refractivity (Wildman–Crippen MR) is 111 cm³/mol. The van der Waals surface area contributed by atoms with Gasteiger partial charge in [0, 0.05) is 18.0 Å². The van der Waals surface area contributed by atoms with Crippen LogP contribution in [0, 0.1) is 17.8 Å². The molecule has 3 rings (SSSR count). The lowest BCUT2D eigenvalue weighted by Crippen LogP contribution is -2.40. The van der Waals surface area contributed by atoms with E-state index in [1.807, 2.05) is 4.90 Å². The molecule has 0 N–H and O–H groups in total. The van der Waals surface area contributed by atoms with Gasteiger partial charge in [0.1, 0.15) is 11.4 Å². The Hall–Kier alpha value is -1.69. The molecule has 0 unspecified atom stereocenters. The Morgan fingerprint density at radius 3 is 2.59 bits per heavy atom. The van der Waals surface area contributed by atoms with Gasteiger partial charge in [-0.3, -0.25) is 14.2 Å². The van der Waals surface area contributed by atoms with Crippen LogP contribution in [0.15, 0.2) is 11.1 Å². The van der Waals surface area contributed by atoms with Gasteiger partial charge in [-0.2, -0.15) is 0 Å². The Morgan fingerprint density at radius 2 is 1.96 bits per heavy atom. The molecule has 1 amide bonds. The highest BCUT2D eigenvalue weighted by Gasteiger charge is 2.24. The average molecular weight is 390 g/mol. The molecule has 0 radical (unpaired) electrons. The number of hydrogen-bond donors (Lipinski definition) is 0. The molecule has 148 valence electrons. The summed E-state index contributed by atoms with van der Waals surface area (Å²) in [6, 6.07) is 0. The van der Waals surface area contributed by atoms with Crippen LogP contribution in [0.4, 0.5) is 0 Å². The predicted octanol–water partition coefficient (Wildman–Crippen LogP) is 3.72. The van der Waals surface area contributed by atoms with E-state index in [4.69, 9.17) is 0 Å². The summed E-state index contributed by atoms with van der Waals surface area (Å²) < 4.78 is 1.50. The average Bonchev–Trinajstić information content (AvgIpc) is 2.94. The molecule has 2 aromatic heterocycles. The SMILES string of the molecule is CC(C)CN(CC(C)C)C(=O)Cn1cnc2sc3c(c2c1=O)CC[C@@H](C)C3.